The molecular formula is C16H14ClN3O. The van der Waals surface area contributed by atoms with Gasteiger partial charge in [0.05, 0.1) is 17.0 Å². The molecule has 1 heterocycles. The highest BCUT2D eigenvalue weighted by atomic mass is 35.5. The first kappa shape index (κ1) is 15.0. The Bertz CT molecular complexity index is 685. The van der Waals surface area contributed by atoms with Crippen LogP contribution >= 0.6 is 11.6 Å². The molecule has 0 radical (unpaired) electrons. The number of amides is 1. The molecule has 2 rings (SSSR count). The third kappa shape index (κ3) is 3.59. The minimum absolute atomic E-state index is 0.258. The van der Waals surface area contributed by atoms with E-state index in [9.17, 15) is 4.79 Å². The Morgan fingerprint density at radius 2 is 1.90 bits per heavy atom. The summed E-state index contributed by atoms with van der Waals surface area (Å²) in [5.74, 6) is -0.258. The Hall–Kier alpha value is -2.38. The molecule has 0 saturated heterocycles. The Balaban J connectivity index is 2.12. The number of nitrogens with one attached hydrogen (secondary N) is 1. The van der Waals surface area contributed by atoms with E-state index in [1.54, 1.807) is 24.3 Å². The van der Waals surface area contributed by atoms with Gasteiger partial charge in [-0.25, -0.2) is 4.98 Å². The van der Waals surface area contributed by atoms with Crippen LogP contribution in [0.2, 0.25) is 5.15 Å². The molecule has 1 amide bonds. The van der Waals surface area contributed by atoms with Gasteiger partial charge >= 0.3 is 0 Å². The number of hydrogen-bond donors (Lipinski definition) is 1. The molecule has 106 valence electrons. The van der Waals surface area contributed by atoms with Crippen molar-refractivity contribution < 1.29 is 4.79 Å². The average Bonchev–Trinajstić information content (AvgIpc) is 2.48. The third-order valence-electron chi connectivity index (χ3n) is 3.13. The van der Waals surface area contributed by atoms with Crippen molar-refractivity contribution in [3.63, 3.8) is 0 Å². The SMILES string of the molecule is CC(C)(C#N)c1ccc(NC(=O)c2ccc(Cl)nc2)cc1. The monoisotopic (exact) mass is 299 g/mol. The molecule has 21 heavy (non-hydrogen) atoms. The van der Waals surface area contributed by atoms with Crippen molar-refractivity contribution in [3.8, 4) is 6.07 Å². The van der Waals surface area contributed by atoms with Crippen LogP contribution in [0.5, 0.6) is 0 Å². The summed E-state index contributed by atoms with van der Waals surface area (Å²) in [6, 6.07) is 12.6. The molecule has 0 fully saturated rings. The van der Waals surface area contributed by atoms with E-state index in [-0.39, 0.29) is 5.91 Å². The summed E-state index contributed by atoms with van der Waals surface area (Å²) in [7, 11) is 0. The lowest BCUT2D eigenvalue weighted by molar-refractivity contribution is 0.102. The van der Waals surface area contributed by atoms with Gasteiger partial charge in [-0.1, -0.05) is 23.7 Å². The zero-order valence-corrected chi connectivity index (χ0v) is 12.5. The van der Waals surface area contributed by atoms with Crippen molar-refractivity contribution >= 4 is 23.2 Å². The van der Waals surface area contributed by atoms with Crippen molar-refractivity contribution in [1.29, 1.82) is 5.26 Å². The van der Waals surface area contributed by atoms with Crippen LogP contribution in [0.25, 0.3) is 0 Å². The van der Waals surface area contributed by atoms with Crippen molar-refractivity contribution in [2.45, 2.75) is 19.3 Å². The fraction of sp³-hybridized carbons (Fsp3) is 0.188. The number of benzene rings is 1. The van der Waals surface area contributed by atoms with Gasteiger partial charge in [-0.3, -0.25) is 4.79 Å². The topological polar surface area (TPSA) is 65.8 Å². The molecule has 0 spiro atoms. The second-order valence-electron chi connectivity index (χ2n) is 5.14. The molecule has 0 unspecified atom stereocenters. The van der Waals surface area contributed by atoms with E-state index in [1.165, 1.54) is 6.20 Å². The number of hydrogen-bond acceptors (Lipinski definition) is 3. The molecule has 5 heteroatoms. The van der Waals surface area contributed by atoms with Gasteiger partial charge < -0.3 is 5.32 Å². The third-order valence-corrected chi connectivity index (χ3v) is 3.36. The predicted molar refractivity (Wildman–Crippen MR) is 82.3 cm³/mol. The highest BCUT2D eigenvalue weighted by molar-refractivity contribution is 6.29. The van der Waals surface area contributed by atoms with Gasteiger partial charge in [0.1, 0.15) is 5.15 Å². The molecule has 1 aromatic carbocycles. The lowest BCUT2D eigenvalue weighted by atomic mass is 9.86. The fourth-order valence-corrected chi connectivity index (χ4v) is 1.86. The molecule has 0 aliphatic carbocycles. The highest BCUT2D eigenvalue weighted by Gasteiger charge is 2.19. The second kappa shape index (κ2) is 5.94. The summed E-state index contributed by atoms with van der Waals surface area (Å²) in [5, 5.41) is 12.2. The fourth-order valence-electron chi connectivity index (χ4n) is 1.75. The van der Waals surface area contributed by atoms with E-state index in [1.807, 2.05) is 26.0 Å². The molecule has 0 atom stereocenters. The van der Waals surface area contributed by atoms with Gasteiger partial charge in [0.15, 0.2) is 0 Å². The molecule has 1 aromatic heterocycles. The zero-order chi connectivity index (χ0) is 15.5. The van der Waals surface area contributed by atoms with Crippen molar-refractivity contribution in [2.24, 2.45) is 0 Å². The first-order chi connectivity index (χ1) is 9.92. The molecular weight excluding hydrogens is 286 g/mol. The van der Waals surface area contributed by atoms with Gasteiger partial charge in [0.25, 0.3) is 5.91 Å². The van der Waals surface area contributed by atoms with Gasteiger partial charge in [-0.15, -0.1) is 0 Å². The van der Waals surface area contributed by atoms with Crippen LogP contribution in [0.4, 0.5) is 5.69 Å². The Morgan fingerprint density at radius 3 is 2.43 bits per heavy atom. The highest BCUT2D eigenvalue weighted by Crippen LogP contribution is 2.23. The van der Waals surface area contributed by atoms with E-state index in [2.05, 4.69) is 16.4 Å². The van der Waals surface area contributed by atoms with Gasteiger partial charge in [0, 0.05) is 11.9 Å². The standard InChI is InChI=1S/C16H14ClN3O/c1-16(2,10-18)12-4-6-13(7-5-12)20-15(21)11-3-8-14(17)19-9-11/h3-9H,1-2H3,(H,20,21). The Labute approximate surface area is 128 Å². The molecule has 0 aliphatic heterocycles. The number of halogens is 1. The summed E-state index contributed by atoms with van der Waals surface area (Å²) in [6.45, 7) is 3.69. The molecule has 2 aromatic rings. The first-order valence-corrected chi connectivity index (χ1v) is 6.75. The van der Waals surface area contributed by atoms with E-state index < -0.39 is 5.41 Å². The quantitative estimate of drug-likeness (QED) is 0.877. The van der Waals surface area contributed by atoms with E-state index in [0.717, 1.165) is 5.56 Å². The average molecular weight is 300 g/mol. The van der Waals surface area contributed by atoms with Crippen molar-refractivity contribution in [2.75, 3.05) is 5.32 Å². The molecule has 0 aliphatic rings. The zero-order valence-electron chi connectivity index (χ0n) is 11.7. The first-order valence-electron chi connectivity index (χ1n) is 6.37. The van der Waals surface area contributed by atoms with Crippen LogP contribution in [0.1, 0.15) is 29.8 Å². The maximum atomic E-state index is 12.0. The lowest BCUT2D eigenvalue weighted by Gasteiger charge is -2.16. The van der Waals surface area contributed by atoms with Crippen molar-refractivity contribution in [1.82, 2.24) is 4.98 Å². The summed E-state index contributed by atoms with van der Waals surface area (Å²) in [4.78, 5) is 15.9. The maximum Gasteiger partial charge on any atom is 0.257 e. The largest absolute Gasteiger partial charge is 0.322 e. The van der Waals surface area contributed by atoms with Gasteiger partial charge in [0.2, 0.25) is 0 Å². The molecule has 4 nitrogen and oxygen atoms in total. The van der Waals surface area contributed by atoms with Crippen LogP contribution in [-0.2, 0) is 5.41 Å². The number of nitrogens with zero attached hydrogens (tertiary/aromatic N) is 2. The number of aromatic nitrogens is 1. The summed E-state index contributed by atoms with van der Waals surface area (Å²) in [6.07, 6.45) is 1.42. The van der Waals surface area contributed by atoms with Crippen LogP contribution in [-0.4, -0.2) is 10.9 Å². The van der Waals surface area contributed by atoms with Crippen molar-refractivity contribution in [3.05, 3.63) is 58.9 Å². The smallest absolute Gasteiger partial charge is 0.257 e. The summed E-state index contributed by atoms with van der Waals surface area (Å²) >= 11 is 5.68. The van der Waals surface area contributed by atoms with Gasteiger partial charge in [-0.05, 0) is 43.7 Å². The number of anilines is 1. The number of pyridine rings is 1. The number of carbonyl (C=O) groups excluding carboxylic acids is 1. The lowest BCUT2D eigenvalue weighted by Crippen LogP contribution is -2.15. The number of carbonyl (C=O) groups is 1. The van der Waals surface area contributed by atoms with Crippen LogP contribution in [0.15, 0.2) is 42.6 Å². The minimum Gasteiger partial charge on any atom is -0.322 e. The normalized spacial score (nSPS) is 10.8. The summed E-state index contributed by atoms with van der Waals surface area (Å²) in [5.41, 5.74) is 1.44. The summed E-state index contributed by atoms with van der Waals surface area (Å²) < 4.78 is 0. The van der Waals surface area contributed by atoms with E-state index in [4.69, 9.17) is 16.9 Å². The van der Waals surface area contributed by atoms with Gasteiger partial charge in [-0.2, -0.15) is 5.26 Å². The molecule has 0 bridgehead atoms. The van der Waals surface area contributed by atoms with Crippen LogP contribution in [0.3, 0.4) is 0 Å². The van der Waals surface area contributed by atoms with E-state index >= 15 is 0 Å². The van der Waals surface area contributed by atoms with Crippen LogP contribution in [0, 0.1) is 11.3 Å². The number of rotatable bonds is 3. The van der Waals surface area contributed by atoms with E-state index in [0.29, 0.717) is 16.4 Å². The van der Waals surface area contributed by atoms with Crippen LogP contribution < -0.4 is 5.32 Å². The Kier molecular flexibility index (Phi) is 4.25. The maximum absolute atomic E-state index is 12.0. The second-order valence-corrected chi connectivity index (χ2v) is 5.53. The molecule has 1 N–H and O–H groups in total. The Morgan fingerprint density at radius 1 is 1.24 bits per heavy atom. The molecule has 0 saturated carbocycles. The predicted octanol–water partition coefficient (Wildman–Crippen LogP) is 3.79. The number of nitriles is 1. The minimum atomic E-state index is -0.553.